The zero-order chi connectivity index (χ0) is 8.55. The van der Waals surface area contributed by atoms with Crippen LogP contribution in [0.3, 0.4) is 0 Å². The van der Waals surface area contributed by atoms with Crippen molar-refractivity contribution in [3.8, 4) is 0 Å². The standard InChI is InChI=1S/C10H12N2/c1-3-8-5-9-6-11-12-10(9)4-7(8)2/h3-5,11-12H,1,6H2,2H3. The Morgan fingerprint density at radius 1 is 1.50 bits per heavy atom. The predicted octanol–water partition coefficient (Wildman–Crippen LogP) is 2.07. The molecule has 1 aliphatic heterocycles. The van der Waals surface area contributed by atoms with Crippen LogP contribution in [0.25, 0.3) is 6.08 Å². The van der Waals surface area contributed by atoms with Crippen molar-refractivity contribution in [1.29, 1.82) is 0 Å². The molecule has 62 valence electrons. The van der Waals surface area contributed by atoms with Crippen LogP contribution < -0.4 is 10.9 Å². The zero-order valence-electron chi connectivity index (χ0n) is 7.15. The summed E-state index contributed by atoms with van der Waals surface area (Å²) in [6, 6.07) is 4.32. The molecular weight excluding hydrogens is 148 g/mol. The molecule has 0 fully saturated rings. The Labute approximate surface area is 72.3 Å². The van der Waals surface area contributed by atoms with E-state index in [2.05, 4.69) is 36.5 Å². The fourth-order valence-electron chi connectivity index (χ4n) is 1.49. The highest BCUT2D eigenvalue weighted by molar-refractivity contribution is 5.63. The van der Waals surface area contributed by atoms with Crippen LogP contribution in [0, 0.1) is 6.92 Å². The quantitative estimate of drug-likeness (QED) is 0.657. The van der Waals surface area contributed by atoms with Crippen LogP contribution in [0.4, 0.5) is 5.69 Å². The van der Waals surface area contributed by atoms with Crippen LogP contribution in [-0.4, -0.2) is 0 Å². The number of rotatable bonds is 1. The molecule has 0 bridgehead atoms. The average Bonchev–Trinajstić information content (AvgIpc) is 2.49. The highest BCUT2D eigenvalue weighted by Crippen LogP contribution is 2.24. The molecule has 1 aliphatic rings. The molecule has 0 aliphatic carbocycles. The van der Waals surface area contributed by atoms with E-state index in [1.54, 1.807) is 0 Å². The summed E-state index contributed by atoms with van der Waals surface area (Å²) in [5, 5.41) is 0. The van der Waals surface area contributed by atoms with Crippen LogP contribution >= 0.6 is 0 Å². The Morgan fingerprint density at radius 2 is 2.33 bits per heavy atom. The number of aryl methyl sites for hydroxylation is 1. The number of hydrogen-bond acceptors (Lipinski definition) is 2. The van der Waals surface area contributed by atoms with Gasteiger partial charge in [0, 0.05) is 6.54 Å². The highest BCUT2D eigenvalue weighted by Gasteiger charge is 2.10. The predicted molar refractivity (Wildman–Crippen MR) is 51.7 cm³/mol. The van der Waals surface area contributed by atoms with Crippen molar-refractivity contribution in [2.75, 3.05) is 5.43 Å². The molecule has 1 aromatic carbocycles. The van der Waals surface area contributed by atoms with Gasteiger partial charge < -0.3 is 5.43 Å². The minimum atomic E-state index is 0.899. The van der Waals surface area contributed by atoms with E-state index >= 15 is 0 Å². The second-order valence-corrected chi connectivity index (χ2v) is 3.05. The topological polar surface area (TPSA) is 24.1 Å². The molecule has 12 heavy (non-hydrogen) atoms. The van der Waals surface area contributed by atoms with Gasteiger partial charge >= 0.3 is 0 Å². The Hall–Kier alpha value is -1.28. The number of hydrazine groups is 1. The van der Waals surface area contributed by atoms with Gasteiger partial charge in [-0.3, -0.25) is 0 Å². The van der Waals surface area contributed by atoms with Gasteiger partial charge in [-0.1, -0.05) is 12.7 Å². The third-order valence-corrected chi connectivity index (χ3v) is 2.21. The average molecular weight is 160 g/mol. The molecule has 1 aromatic rings. The molecule has 0 saturated heterocycles. The van der Waals surface area contributed by atoms with Gasteiger partial charge in [0.25, 0.3) is 0 Å². The molecule has 1 heterocycles. The summed E-state index contributed by atoms with van der Waals surface area (Å²) >= 11 is 0. The minimum Gasteiger partial charge on any atom is -0.321 e. The van der Waals surface area contributed by atoms with Crippen molar-refractivity contribution in [3.05, 3.63) is 35.4 Å². The third kappa shape index (κ3) is 1.01. The van der Waals surface area contributed by atoms with Crippen LogP contribution in [0.2, 0.25) is 0 Å². The number of hydrogen-bond donors (Lipinski definition) is 2. The van der Waals surface area contributed by atoms with Gasteiger partial charge in [-0.2, -0.15) is 0 Å². The number of fused-ring (bicyclic) bond motifs is 1. The molecule has 0 saturated carbocycles. The van der Waals surface area contributed by atoms with Gasteiger partial charge in [-0.25, -0.2) is 5.43 Å². The first-order valence-electron chi connectivity index (χ1n) is 4.06. The summed E-state index contributed by atoms with van der Waals surface area (Å²) in [6.45, 7) is 6.77. The Morgan fingerprint density at radius 3 is 3.08 bits per heavy atom. The van der Waals surface area contributed by atoms with Crippen molar-refractivity contribution < 1.29 is 0 Å². The summed E-state index contributed by atoms with van der Waals surface area (Å²) in [4.78, 5) is 0. The van der Waals surface area contributed by atoms with E-state index in [1.165, 1.54) is 22.4 Å². The van der Waals surface area contributed by atoms with Gasteiger partial charge in [0.2, 0.25) is 0 Å². The number of benzene rings is 1. The molecular formula is C10H12N2. The van der Waals surface area contributed by atoms with E-state index in [0.717, 1.165) is 6.54 Å². The second kappa shape index (κ2) is 2.64. The summed E-state index contributed by atoms with van der Waals surface area (Å²) in [5.74, 6) is 0. The molecule has 0 radical (unpaired) electrons. The maximum atomic E-state index is 3.78. The molecule has 2 rings (SSSR count). The summed E-state index contributed by atoms with van der Waals surface area (Å²) in [7, 11) is 0. The summed E-state index contributed by atoms with van der Waals surface area (Å²) < 4.78 is 0. The van der Waals surface area contributed by atoms with Crippen LogP contribution in [0.5, 0.6) is 0 Å². The summed E-state index contributed by atoms with van der Waals surface area (Å²) in [6.07, 6.45) is 1.90. The van der Waals surface area contributed by atoms with E-state index in [0.29, 0.717) is 0 Å². The van der Waals surface area contributed by atoms with Crippen LogP contribution in [0.15, 0.2) is 18.7 Å². The first-order chi connectivity index (χ1) is 5.81. The van der Waals surface area contributed by atoms with Gasteiger partial charge in [0.1, 0.15) is 0 Å². The fraction of sp³-hybridized carbons (Fsp3) is 0.200. The van der Waals surface area contributed by atoms with Gasteiger partial charge in [-0.15, -0.1) is 0 Å². The van der Waals surface area contributed by atoms with Crippen LogP contribution in [0.1, 0.15) is 16.7 Å². The normalized spacial score (nSPS) is 13.8. The smallest absolute Gasteiger partial charge is 0.0536 e. The third-order valence-electron chi connectivity index (χ3n) is 2.21. The van der Waals surface area contributed by atoms with Crippen LogP contribution in [-0.2, 0) is 6.54 Å². The molecule has 0 atom stereocenters. The van der Waals surface area contributed by atoms with Gasteiger partial charge in [0.05, 0.1) is 5.69 Å². The van der Waals surface area contributed by atoms with E-state index in [9.17, 15) is 0 Å². The first-order valence-corrected chi connectivity index (χ1v) is 4.06. The maximum Gasteiger partial charge on any atom is 0.0536 e. The van der Waals surface area contributed by atoms with Gasteiger partial charge in [0.15, 0.2) is 0 Å². The second-order valence-electron chi connectivity index (χ2n) is 3.05. The van der Waals surface area contributed by atoms with E-state index in [1.807, 2.05) is 6.08 Å². The SMILES string of the molecule is C=Cc1cc2c(cc1C)NNC2. The van der Waals surface area contributed by atoms with Crippen molar-refractivity contribution in [3.63, 3.8) is 0 Å². The summed E-state index contributed by atoms with van der Waals surface area (Å²) in [5.41, 5.74) is 11.2. The minimum absolute atomic E-state index is 0.899. The lowest BCUT2D eigenvalue weighted by Gasteiger charge is -2.03. The maximum absolute atomic E-state index is 3.78. The molecule has 2 heteroatoms. The number of anilines is 1. The largest absolute Gasteiger partial charge is 0.321 e. The Bertz CT molecular complexity index is 329. The molecule has 0 amide bonds. The fourth-order valence-corrected chi connectivity index (χ4v) is 1.49. The van der Waals surface area contributed by atoms with E-state index < -0.39 is 0 Å². The molecule has 2 nitrogen and oxygen atoms in total. The lowest BCUT2D eigenvalue weighted by atomic mass is 10.0. The molecule has 0 aromatic heterocycles. The highest BCUT2D eigenvalue weighted by atomic mass is 15.4. The van der Waals surface area contributed by atoms with Crippen molar-refractivity contribution in [2.24, 2.45) is 0 Å². The van der Waals surface area contributed by atoms with E-state index in [4.69, 9.17) is 0 Å². The van der Waals surface area contributed by atoms with Gasteiger partial charge in [-0.05, 0) is 35.7 Å². The molecule has 0 unspecified atom stereocenters. The number of nitrogens with one attached hydrogen (secondary N) is 2. The first kappa shape index (κ1) is 7.37. The molecule has 2 N–H and O–H groups in total. The van der Waals surface area contributed by atoms with Crippen molar-refractivity contribution >= 4 is 11.8 Å². The van der Waals surface area contributed by atoms with Crippen molar-refractivity contribution in [2.45, 2.75) is 13.5 Å². The van der Waals surface area contributed by atoms with E-state index in [-0.39, 0.29) is 0 Å². The lowest BCUT2D eigenvalue weighted by Crippen LogP contribution is -2.10. The van der Waals surface area contributed by atoms with Crippen molar-refractivity contribution in [1.82, 2.24) is 5.43 Å². The monoisotopic (exact) mass is 160 g/mol. The molecule has 0 spiro atoms. The Balaban J connectivity index is 2.56. The zero-order valence-corrected chi connectivity index (χ0v) is 7.15. The lowest BCUT2D eigenvalue weighted by molar-refractivity contribution is 0.860. The Kier molecular flexibility index (Phi) is 1.62.